The van der Waals surface area contributed by atoms with Crippen LogP contribution in [0.4, 0.5) is 0 Å². The van der Waals surface area contributed by atoms with E-state index in [4.69, 9.17) is 4.99 Å². The van der Waals surface area contributed by atoms with Crippen LogP contribution in [-0.4, -0.2) is 10.3 Å². The number of aliphatic imine (C=N–C) groups is 1. The average molecular weight is 735 g/mol. The van der Waals surface area contributed by atoms with Crippen molar-refractivity contribution in [3.8, 4) is 22.3 Å². The SMILES string of the molecule is C/C(=N\C(c1cccc2c1C1=C(C=C(n3c4c(c5cc(-c6ccccc6)ccc53)C=CCC4)CC1)C2)c1cccc2c1-c1ccccc1C2(C)C)c1ccccc1. The molecule has 0 fully saturated rings. The minimum Gasteiger partial charge on any atom is -0.317 e. The molecule has 6 aromatic carbocycles. The van der Waals surface area contributed by atoms with Crippen LogP contribution in [0.5, 0.6) is 0 Å². The van der Waals surface area contributed by atoms with Gasteiger partial charge in [0, 0.05) is 33.5 Å². The monoisotopic (exact) mass is 734 g/mol. The molecule has 0 saturated heterocycles. The molecule has 4 aliphatic rings. The van der Waals surface area contributed by atoms with E-state index in [0.29, 0.717) is 0 Å². The lowest BCUT2D eigenvalue weighted by atomic mass is 9.81. The second-order valence-corrected chi connectivity index (χ2v) is 16.9. The summed E-state index contributed by atoms with van der Waals surface area (Å²) in [6.07, 6.45) is 12.4. The first kappa shape index (κ1) is 34.0. The quantitative estimate of drug-likeness (QED) is 0.151. The fraction of sp³-hybridized carbons (Fsp3) is 0.182. The minimum atomic E-state index is -0.153. The van der Waals surface area contributed by atoms with E-state index in [9.17, 15) is 0 Å². The van der Waals surface area contributed by atoms with E-state index in [-0.39, 0.29) is 11.5 Å². The number of benzene rings is 6. The van der Waals surface area contributed by atoms with E-state index >= 15 is 0 Å². The number of aromatic nitrogens is 1. The molecule has 7 aromatic rings. The zero-order valence-corrected chi connectivity index (χ0v) is 33.0. The third kappa shape index (κ3) is 5.34. The number of rotatable bonds is 6. The Morgan fingerprint density at radius 1 is 0.684 bits per heavy atom. The zero-order chi connectivity index (χ0) is 38.3. The summed E-state index contributed by atoms with van der Waals surface area (Å²) < 4.78 is 2.62. The second kappa shape index (κ2) is 13.2. The Kier molecular flexibility index (Phi) is 7.86. The lowest BCUT2D eigenvalue weighted by Crippen LogP contribution is -2.15. The van der Waals surface area contributed by atoms with Crippen molar-refractivity contribution < 1.29 is 0 Å². The summed E-state index contributed by atoms with van der Waals surface area (Å²) in [5.41, 5.74) is 24.2. The fourth-order valence-corrected chi connectivity index (χ4v) is 10.6. The van der Waals surface area contributed by atoms with Crippen molar-refractivity contribution in [1.29, 1.82) is 0 Å². The molecule has 57 heavy (non-hydrogen) atoms. The molecule has 0 N–H and O–H groups in total. The van der Waals surface area contributed by atoms with E-state index in [0.717, 1.165) is 37.8 Å². The first-order chi connectivity index (χ1) is 28.0. The summed E-state index contributed by atoms with van der Waals surface area (Å²) >= 11 is 0. The van der Waals surface area contributed by atoms with Crippen molar-refractivity contribution in [3.63, 3.8) is 0 Å². The molecule has 4 aliphatic carbocycles. The molecule has 0 saturated carbocycles. The van der Waals surface area contributed by atoms with Crippen LogP contribution in [0.25, 0.3) is 50.5 Å². The number of hydrogen-bond donors (Lipinski definition) is 0. The summed E-state index contributed by atoms with van der Waals surface area (Å²) in [6.45, 7) is 6.94. The van der Waals surface area contributed by atoms with E-state index < -0.39 is 0 Å². The van der Waals surface area contributed by atoms with Crippen molar-refractivity contribution in [2.24, 2.45) is 4.99 Å². The number of hydrogen-bond acceptors (Lipinski definition) is 1. The highest BCUT2D eigenvalue weighted by molar-refractivity contribution is 6.00. The highest BCUT2D eigenvalue weighted by atomic mass is 15.0. The molecule has 2 heteroatoms. The van der Waals surface area contributed by atoms with Crippen molar-refractivity contribution >= 4 is 34.0 Å². The van der Waals surface area contributed by atoms with Gasteiger partial charge in [-0.15, -0.1) is 0 Å². The zero-order valence-electron chi connectivity index (χ0n) is 33.0. The van der Waals surface area contributed by atoms with Crippen molar-refractivity contribution in [3.05, 3.63) is 207 Å². The van der Waals surface area contributed by atoms with Gasteiger partial charge in [-0.3, -0.25) is 4.99 Å². The molecular formula is C55H46N2. The standard InChI is InChI=1S/C55H46N2/c1-35(36-16-6-4-7-17-36)56-54(46-24-15-26-49-53(46)44-22-10-12-25-48(44)55(49,2)3)45-23-14-20-39-32-40-33-41(29-30-42(40)52(39)45)57-50-27-13-11-21-43(50)47-34-38(28-31-51(47)57)37-18-8-5-9-19-37/h4-12,14-26,28,31,33-34,54H,13,27,29-30,32H2,1-3H3/b56-35+. The van der Waals surface area contributed by atoms with Crippen molar-refractivity contribution in [1.82, 2.24) is 4.57 Å². The fourth-order valence-electron chi connectivity index (χ4n) is 10.6. The Hall–Kier alpha value is -6.25. The molecular weight excluding hydrogens is 689 g/mol. The van der Waals surface area contributed by atoms with Crippen LogP contribution in [0.15, 0.2) is 162 Å². The molecule has 1 atom stereocenters. The van der Waals surface area contributed by atoms with E-state index in [1.807, 2.05) is 0 Å². The largest absolute Gasteiger partial charge is 0.317 e. The van der Waals surface area contributed by atoms with Gasteiger partial charge in [0.2, 0.25) is 0 Å². The first-order valence-electron chi connectivity index (χ1n) is 20.7. The Bertz CT molecular complexity index is 2890. The van der Waals surface area contributed by atoms with Gasteiger partial charge in [-0.25, -0.2) is 0 Å². The molecule has 0 amide bonds. The van der Waals surface area contributed by atoms with Gasteiger partial charge in [0.05, 0.1) is 5.52 Å². The van der Waals surface area contributed by atoms with Crippen LogP contribution in [0.1, 0.15) is 96.3 Å². The molecule has 1 unspecified atom stereocenters. The maximum Gasteiger partial charge on any atom is 0.101 e. The Morgan fingerprint density at radius 2 is 1.42 bits per heavy atom. The summed E-state index contributed by atoms with van der Waals surface area (Å²) in [4.78, 5) is 5.74. The smallest absolute Gasteiger partial charge is 0.101 e. The number of nitrogens with zero attached hydrogens (tertiary/aromatic N) is 2. The lowest BCUT2D eigenvalue weighted by molar-refractivity contribution is 0.659. The summed E-state index contributed by atoms with van der Waals surface area (Å²) in [5, 5.41) is 1.36. The third-order valence-electron chi connectivity index (χ3n) is 13.3. The van der Waals surface area contributed by atoms with Crippen LogP contribution in [-0.2, 0) is 18.3 Å². The Labute approximate surface area is 336 Å². The number of fused-ring (bicyclic) bond motifs is 8. The molecule has 1 heterocycles. The second-order valence-electron chi connectivity index (χ2n) is 16.9. The van der Waals surface area contributed by atoms with Gasteiger partial charge in [-0.2, -0.15) is 0 Å². The van der Waals surface area contributed by atoms with Crippen molar-refractivity contribution in [2.45, 2.75) is 64.3 Å². The van der Waals surface area contributed by atoms with Crippen LogP contribution in [0.3, 0.4) is 0 Å². The van der Waals surface area contributed by atoms with Gasteiger partial charge < -0.3 is 4.57 Å². The molecule has 276 valence electrons. The van der Waals surface area contributed by atoms with Gasteiger partial charge in [0.15, 0.2) is 0 Å². The van der Waals surface area contributed by atoms with Crippen LogP contribution in [0.2, 0.25) is 0 Å². The molecule has 11 rings (SSSR count). The minimum absolute atomic E-state index is 0.0791. The van der Waals surface area contributed by atoms with Gasteiger partial charge in [0.25, 0.3) is 0 Å². The first-order valence-corrected chi connectivity index (χ1v) is 20.7. The van der Waals surface area contributed by atoms with E-state index in [1.165, 1.54) is 100 Å². The topological polar surface area (TPSA) is 17.3 Å². The molecule has 0 spiro atoms. The molecule has 0 bridgehead atoms. The van der Waals surface area contributed by atoms with E-state index in [2.05, 4.69) is 183 Å². The Balaban J connectivity index is 1.07. The van der Waals surface area contributed by atoms with Gasteiger partial charge in [0.1, 0.15) is 6.04 Å². The maximum atomic E-state index is 5.74. The van der Waals surface area contributed by atoms with Crippen LogP contribution < -0.4 is 0 Å². The average Bonchev–Trinajstić information content (AvgIpc) is 3.88. The van der Waals surface area contributed by atoms with Crippen LogP contribution >= 0.6 is 0 Å². The van der Waals surface area contributed by atoms with Gasteiger partial charge in [-0.05, 0) is 130 Å². The summed E-state index contributed by atoms with van der Waals surface area (Å²) in [7, 11) is 0. The number of allylic oxidation sites excluding steroid dienone is 5. The summed E-state index contributed by atoms with van der Waals surface area (Å²) in [5.74, 6) is 0. The predicted molar refractivity (Wildman–Crippen MR) is 240 cm³/mol. The molecule has 1 aromatic heterocycles. The van der Waals surface area contributed by atoms with Crippen LogP contribution in [0, 0.1) is 0 Å². The molecule has 0 aliphatic heterocycles. The van der Waals surface area contributed by atoms with Crippen molar-refractivity contribution in [2.75, 3.05) is 0 Å². The third-order valence-corrected chi connectivity index (χ3v) is 13.3. The highest BCUT2D eigenvalue weighted by Gasteiger charge is 2.39. The lowest BCUT2D eigenvalue weighted by Gasteiger charge is -2.25. The molecule has 2 nitrogen and oxygen atoms in total. The summed E-state index contributed by atoms with van der Waals surface area (Å²) in [6, 6.07) is 51.5. The Morgan fingerprint density at radius 3 is 2.26 bits per heavy atom. The maximum absolute atomic E-state index is 5.74. The van der Waals surface area contributed by atoms with E-state index in [1.54, 1.807) is 0 Å². The van der Waals surface area contributed by atoms with Gasteiger partial charge >= 0.3 is 0 Å². The highest BCUT2D eigenvalue weighted by Crippen LogP contribution is 2.54. The predicted octanol–water partition coefficient (Wildman–Crippen LogP) is 13.8. The normalized spacial score (nSPS) is 16.8. The molecule has 0 radical (unpaired) electrons. The van der Waals surface area contributed by atoms with Gasteiger partial charge in [-0.1, -0.05) is 153 Å².